The summed E-state index contributed by atoms with van der Waals surface area (Å²) in [6.45, 7) is 5.05. The summed E-state index contributed by atoms with van der Waals surface area (Å²) in [5.74, 6) is 0.737. The van der Waals surface area contributed by atoms with Crippen LogP contribution >= 0.6 is 0 Å². The largest absolute Gasteiger partial charge is 0.478 e. The van der Waals surface area contributed by atoms with Gasteiger partial charge >= 0.3 is 0 Å². The number of piperazine rings is 1. The summed E-state index contributed by atoms with van der Waals surface area (Å²) >= 11 is 0. The van der Waals surface area contributed by atoms with E-state index in [2.05, 4.69) is 15.5 Å². The van der Waals surface area contributed by atoms with Crippen molar-refractivity contribution in [2.45, 2.75) is 12.5 Å². The van der Waals surface area contributed by atoms with Gasteiger partial charge in [0.2, 0.25) is 0 Å². The Balaban J connectivity index is 1.58. The second-order valence-corrected chi connectivity index (χ2v) is 4.97. The number of nitrogens with one attached hydrogen (secondary N) is 2. The molecule has 5 nitrogen and oxygen atoms in total. The van der Waals surface area contributed by atoms with Crippen LogP contribution in [0.4, 0.5) is 5.69 Å². The number of amides is 1. The molecular formula is C14H19N3O2. The molecule has 2 aliphatic heterocycles. The van der Waals surface area contributed by atoms with Crippen molar-refractivity contribution in [3.8, 4) is 5.75 Å². The molecule has 5 heteroatoms. The maximum absolute atomic E-state index is 12.0. The van der Waals surface area contributed by atoms with E-state index in [0.29, 0.717) is 0 Å². The third-order valence-corrected chi connectivity index (χ3v) is 3.62. The van der Waals surface area contributed by atoms with E-state index in [-0.39, 0.29) is 12.0 Å². The van der Waals surface area contributed by atoms with Crippen LogP contribution < -0.4 is 15.4 Å². The molecule has 0 spiro atoms. The van der Waals surface area contributed by atoms with Crippen LogP contribution in [0.15, 0.2) is 24.3 Å². The van der Waals surface area contributed by atoms with Crippen LogP contribution in [-0.4, -0.2) is 49.6 Å². The first-order chi connectivity index (χ1) is 9.33. The van der Waals surface area contributed by atoms with Crippen LogP contribution in [0, 0.1) is 0 Å². The molecule has 2 N–H and O–H groups in total. The molecule has 1 amide bonds. The quantitative estimate of drug-likeness (QED) is 0.840. The molecule has 0 aromatic heterocycles. The number of carbonyl (C=O) groups is 1. The molecule has 0 radical (unpaired) electrons. The third kappa shape index (κ3) is 2.88. The minimum atomic E-state index is -0.371. The van der Waals surface area contributed by atoms with Crippen molar-refractivity contribution in [2.24, 2.45) is 0 Å². The number of anilines is 1. The highest BCUT2D eigenvalue weighted by atomic mass is 16.5. The van der Waals surface area contributed by atoms with Crippen LogP contribution in [0.5, 0.6) is 5.75 Å². The van der Waals surface area contributed by atoms with Gasteiger partial charge in [-0.05, 0) is 12.1 Å². The molecule has 1 unspecified atom stereocenters. The van der Waals surface area contributed by atoms with Crippen LogP contribution in [0.3, 0.4) is 0 Å². The fourth-order valence-corrected chi connectivity index (χ4v) is 2.52. The maximum Gasteiger partial charge on any atom is 0.265 e. The normalized spacial score (nSPS) is 23.4. The maximum atomic E-state index is 12.0. The highest BCUT2D eigenvalue weighted by molar-refractivity contribution is 5.97. The Kier molecular flexibility index (Phi) is 3.66. The summed E-state index contributed by atoms with van der Waals surface area (Å²) in [7, 11) is 0. The second kappa shape index (κ2) is 5.59. The highest BCUT2D eigenvalue weighted by Crippen LogP contribution is 2.29. The number of benzene rings is 1. The summed E-state index contributed by atoms with van der Waals surface area (Å²) < 4.78 is 5.78. The SMILES string of the molecule is O=C1Nc2ccccc2OC1CCN1CCNCC1. The van der Waals surface area contributed by atoms with Crippen molar-refractivity contribution in [3.63, 3.8) is 0 Å². The molecule has 1 aromatic rings. The molecule has 0 aliphatic carbocycles. The fourth-order valence-electron chi connectivity index (χ4n) is 2.52. The number of carbonyl (C=O) groups excluding carboxylic acids is 1. The summed E-state index contributed by atoms with van der Waals surface area (Å²) in [4.78, 5) is 14.3. The Morgan fingerprint density at radius 1 is 1.26 bits per heavy atom. The smallest absolute Gasteiger partial charge is 0.265 e. The summed E-state index contributed by atoms with van der Waals surface area (Å²) in [5.41, 5.74) is 0.769. The molecule has 1 fully saturated rings. The van der Waals surface area contributed by atoms with Crippen molar-refractivity contribution >= 4 is 11.6 Å². The lowest BCUT2D eigenvalue weighted by atomic mass is 10.1. The van der Waals surface area contributed by atoms with Gasteiger partial charge in [-0.15, -0.1) is 0 Å². The zero-order valence-electron chi connectivity index (χ0n) is 10.9. The predicted molar refractivity (Wildman–Crippen MR) is 73.4 cm³/mol. The molecule has 1 aromatic carbocycles. The van der Waals surface area contributed by atoms with E-state index in [1.807, 2.05) is 24.3 Å². The number of nitrogens with zero attached hydrogens (tertiary/aromatic N) is 1. The van der Waals surface area contributed by atoms with Gasteiger partial charge in [0, 0.05) is 39.1 Å². The number of rotatable bonds is 3. The highest BCUT2D eigenvalue weighted by Gasteiger charge is 2.27. The van der Waals surface area contributed by atoms with Gasteiger partial charge in [0.05, 0.1) is 5.69 Å². The zero-order valence-corrected chi connectivity index (χ0v) is 10.9. The molecule has 2 heterocycles. The Morgan fingerprint density at radius 3 is 2.89 bits per heavy atom. The monoisotopic (exact) mass is 261 g/mol. The zero-order chi connectivity index (χ0) is 13.1. The van der Waals surface area contributed by atoms with Crippen molar-refractivity contribution in [1.29, 1.82) is 0 Å². The second-order valence-electron chi connectivity index (χ2n) is 4.97. The summed E-state index contributed by atoms with van der Waals surface area (Å²) in [6.07, 6.45) is 0.366. The molecular weight excluding hydrogens is 242 g/mol. The van der Waals surface area contributed by atoms with Gasteiger partial charge in [-0.1, -0.05) is 12.1 Å². The first-order valence-electron chi connectivity index (χ1n) is 6.82. The van der Waals surface area contributed by atoms with Gasteiger partial charge in [-0.25, -0.2) is 0 Å². The molecule has 1 atom stereocenters. The number of hydrogen-bond donors (Lipinski definition) is 2. The Hall–Kier alpha value is -1.59. The van der Waals surface area contributed by atoms with Crippen LogP contribution in [0.1, 0.15) is 6.42 Å². The summed E-state index contributed by atoms with van der Waals surface area (Å²) in [5, 5.41) is 6.23. The van der Waals surface area contributed by atoms with Gasteiger partial charge in [0.1, 0.15) is 5.75 Å². The molecule has 3 rings (SSSR count). The number of hydrogen-bond acceptors (Lipinski definition) is 4. The molecule has 1 saturated heterocycles. The average molecular weight is 261 g/mol. The molecule has 2 aliphatic rings. The van der Waals surface area contributed by atoms with Gasteiger partial charge in [-0.3, -0.25) is 4.79 Å². The first kappa shape index (κ1) is 12.4. The van der Waals surface area contributed by atoms with Crippen LogP contribution in [0.25, 0.3) is 0 Å². The lowest BCUT2D eigenvalue weighted by molar-refractivity contribution is -0.124. The van der Waals surface area contributed by atoms with E-state index in [4.69, 9.17) is 4.74 Å². The van der Waals surface area contributed by atoms with Gasteiger partial charge < -0.3 is 20.3 Å². The first-order valence-corrected chi connectivity index (χ1v) is 6.82. The van der Waals surface area contributed by atoms with Crippen molar-refractivity contribution in [2.75, 3.05) is 38.0 Å². The molecule has 0 bridgehead atoms. The minimum absolute atomic E-state index is 0.0335. The van der Waals surface area contributed by atoms with E-state index >= 15 is 0 Å². The van der Waals surface area contributed by atoms with Crippen LogP contribution in [0.2, 0.25) is 0 Å². The van der Waals surface area contributed by atoms with E-state index in [9.17, 15) is 4.79 Å². The summed E-state index contributed by atoms with van der Waals surface area (Å²) in [6, 6.07) is 7.57. The third-order valence-electron chi connectivity index (χ3n) is 3.62. The minimum Gasteiger partial charge on any atom is -0.478 e. The number of para-hydroxylation sites is 2. The van der Waals surface area contributed by atoms with E-state index in [1.165, 1.54) is 0 Å². The Morgan fingerprint density at radius 2 is 2.05 bits per heavy atom. The Bertz CT molecular complexity index is 458. The molecule has 102 valence electrons. The van der Waals surface area contributed by atoms with Crippen molar-refractivity contribution in [1.82, 2.24) is 10.2 Å². The predicted octanol–water partition coefficient (Wildman–Crippen LogP) is 0.681. The topological polar surface area (TPSA) is 53.6 Å². The molecule has 19 heavy (non-hydrogen) atoms. The number of fused-ring (bicyclic) bond motifs is 1. The average Bonchev–Trinajstić information content (AvgIpc) is 2.46. The van der Waals surface area contributed by atoms with Crippen LogP contribution in [-0.2, 0) is 4.79 Å². The lowest BCUT2D eigenvalue weighted by Gasteiger charge is -2.30. The fraction of sp³-hybridized carbons (Fsp3) is 0.500. The van der Waals surface area contributed by atoms with Gasteiger partial charge in [-0.2, -0.15) is 0 Å². The lowest BCUT2D eigenvalue weighted by Crippen LogP contribution is -2.46. The van der Waals surface area contributed by atoms with Gasteiger partial charge in [0.25, 0.3) is 5.91 Å². The Labute approximate surface area is 112 Å². The van der Waals surface area contributed by atoms with Crippen molar-refractivity contribution in [3.05, 3.63) is 24.3 Å². The van der Waals surface area contributed by atoms with Gasteiger partial charge in [0.15, 0.2) is 6.10 Å². The standard InChI is InChI=1S/C14H19N3O2/c18-14-13(5-8-17-9-6-15-7-10-17)19-12-4-2-1-3-11(12)16-14/h1-4,13,15H,5-10H2,(H,16,18). The molecule has 0 saturated carbocycles. The van der Waals surface area contributed by atoms with E-state index < -0.39 is 0 Å². The number of ether oxygens (including phenoxy) is 1. The van der Waals surface area contributed by atoms with E-state index in [1.54, 1.807) is 0 Å². The van der Waals surface area contributed by atoms with Crippen molar-refractivity contribution < 1.29 is 9.53 Å². The van der Waals surface area contributed by atoms with E-state index in [0.717, 1.165) is 50.6 Å².